The lowest BCUT2D eigenvalue weighted by Gasteiger charge is -2.27. The van der Waals surface area contributed by atoms with Gasteiger partial charge < -0.3 is 24.7 Å². The maximum absolute atomic E-state index is 12.7. The Labute approximate surface area is 152 Å². The van der Waals surface area contributed by atoms with Crippen molar-refractivity contribution in [2.75, 3.05) is 52.6 Å². The summed E-state index contributed by atoms with van der Waals surface area (Å²) in [5, 5.41) is 19.0. The number of fused-ring (bicyclic) bond motifs is 1. The van der Waals surface area contributed by atoms with Crippen LogP contribution in [0.25, 0.3) is 0 Å². The van der Waals surface area contributed by atoms with E-state index in [1.165, 1.54) is 0 Å². The van der Waals surface area contributed by atoms with Crippen LogP contribution in [0.1, 0.15) is 20.7 Å². The van der Waals surface area contributed by atoms with Crippen molar-refractivity contribution in [1.82, 2.24) is 9.80 Å². The quantitative estimate of drug-likeness (QED) is 0.778. The van der Waals surface area contributed by atoms with Gasteiger partial charge in [0.1, 0.15) is 0 Å². The van der Waals surface area contributed by atoms with E-state index < -0.39 is 5.41 Å². The standard InChI is InChI=1S/C19H24N2O5/c22-11-19(12-23)15-9-21(10-16(15)19)18(25)14-3-1-13(2-4-14)17(24)20-5-7-26-8-6-20/h1-4,15-16,22-23H,5-12H2. The maximum atomic E-state index is 12.7. The molecule has 2 aliphatic heterocycles. The average Bonchev–Trinajstić information content (AvgIpc) is 3.06. The van der Waals surface area contributed by atoms with Crippen LogP contribution in [0.2, 0.25) is 0 Å². The van der Waals surface area contributed by atoms with E-state index in [9.17, 15) is 19.8 Å². The normalized spacial score (nSPS) is 26.5. The molecule has 1 saturated carbocycles. The highest BCUT2D eigenvalue weighted by atomic mass is 16.5. The van der Waals surface area contributed by atoms with E-state index in [2.05, 4.69) is 0 Å². The van der Waals surface area contributed by atoms with Crippen molar-refractivity contribution in [2.45, 2.75) is 0 Å². The third kappa shape index (κ3) is 2.71. The Balaban J connectivity index is 1.39. The molecule has 3 fully saturated rings. The molecule has 140 valence electrons. The molecule has 2 amide bonds. The Morgan fingerprint density at radius 2 is 1.38 bits per heavy atom. The van der Waals surface area contributed by atoms with Gasteiger partial charge in [0.2, 0.25) is 0 Å². The van der Waals surface area contributed by atoms with Crippen LogP contribution in [0.4, 0.5) is 0 Å². The number of benzene rings is 1. The molecule has 1 aromatic rings. The molecule has 0 radical (unpaired) electrons. The molecule has 2 saturated heterocycles. The van der Waals surface area contributed by atoms with Crippen molar-refractivity contribution < 1.29 is 24.5 Å². The molecule has 7 nitrogen and oxygen atoms in total. The first-order valence-electron chi connectivity index (χ1n) is 9.09. The summed E-state index contributed by atoms with van der Waals surface area (Å²) in [4.78, 5) is 28.7. The third-order valence-electron chi connectivity index (χ3n) is 6.24. The van der Waals surface area contributed by atoms with Gasteiger partial charge in [0.15, 0.2) is 0 Å². The summed E-state index contributed by atoms with van der Waals surface area (Å²) in [7, 11) is 0. The zero-order chi connectivity index (χ0) is 18.3. The summed E-state index contributed by atoms with van der Waals surface area (Å²) in [6.45, 7) is 3.38. The zero-order valence-electron chi connectivity index (χ0n) is 14.6. The van der Waals surface area contributed by atoms with Gasteiger partial charge in [0, 0.05) is 42.7 Å². The number of aliphatic hydroxyl groups excluding tert-OH is 2. The number of hydrogen-bond acceptors (Lipinski definition) is 5. The molecule has 0 aromatic heterocycles. The number of nitrogens with zero attached hydrogens (tertiary/aromatic N) is 2. The fraction of sp³-hybridized carbons (Fsp3) is 0.579. The molecule has 2 atom stereocenters. The highest BCUT2D eigenvalue weighted by Gasteiger charge is 2.68. The molecule has 2 N–H and O–H groups in total. The van der Waals surface area contributed by atoms with E-state index in [4.69, 9.17) is 4.74 Å². The Morgan fingerprint density at radius 1 is 0.923 bits per heavy atom. The van der Waals surface area contributed by atoms with E-state index in [0.717, 1.165) is 0 Å². The minimum atomic E-state index is -0.398. The first-order valence-corrected chi connectivity index (χ1v) is 9.09. The molecule has 0 spiro atoms. The smallest absolute Gasteiger partial charge is 0.254 e. The van der Waals surface area contributed by atoms with E-state index in [1.807, 2.05) is 0 Å². The summed E-state index contributed by atoms with van der Waals surface area (Å²) in [6.07, 6.45) is 0. The van der Waals surface area contributed by atoms with E-state index in [0.29, 0.717) is 50.5 Å². The Kier molecular flexibility index (Phi) is 4.46. The van der Waals surface area contributed by atoms with Gasteiger partial charge in [-0.05, 0) is 36.1 Å². The number of carbonyl (C=O) groups excluding carboxylic acids is 2. The van der Waals surface area contributed by atoms with Crippen molar-refractivity contribution >= 4 is 11.8 Å². The van der Waals surface area contributed by atoms with Crippen LogP contribution in [0.5, 0.6) is 0 Å². The molecule has 1 aliphatic carbocycles. The predicted molar refractivity (Wildman–Crippen MR) is 92.7 cm³/mol. The number of rotatable bonds is 4. The summed E-state index contributed by atoms with van der Waals surface area (Å²) in [5.74, 6) is 0.269. The Hall–Kier alpha value is -1.96. The number of amides is 2. The van der Waals surface area contributed by atoms with Gasteiger partial charge in [-0.25, -0.2) is 0 Å². The number of piperidine rings is 1. The summed E-state index contributed by atoms with van der Waals surface area (Å²) < 4.78 is 5.26. The second-order valence-electron chi connectivity index (χ2n) is 7.45. The molecule has 0 bridgehead atoms. The maximum Gasteiger partial charge on any atom is 0.254 e. The molecule has 26 heavy (non-hydrogen) atoms. The SMILES string of the molecule is O=C(c1ccc(C(=O)N2CC3C(C2)C3(CO)CO)cc1)N1CCOCC1. The lowest BCUT2D eigenvalue weighted by atomic mass is 10.0. The predicted octanol–water partition coefficient (Wildman–Crippen LogP) is -0.168. The lowest BCUT2D eigenvalue weighted by molar-refractivity contribution is 0.0303. The van der Waals surface area contributed by atoms with Crippen LogP contribution >= 0.6 is 0 Å². The van der Waals surface area contributed by atoms with Gasteiger partial charge in [-0.3, -0.25) is 9.59 Å². The van der Waals surface area contributed by atoms with Gasteiger partial charge in [-0.2, -0.15) is 0 Å². The monoisotopic (exact) mass is 360 g/mol. The van der Waals surface area contributed by atoms with Gasteiger partial charge in [-0.15, -0.1) is 0 Å². The Bertz CT molecular complexity index is 680. The number of ether oxygens (including phenoxy) is 1. The molecule has 7 heteroatoms. The van der Waals surface area contributed by atoms with Gasteiger partial charge in [-0.1, -0.05) is 0 Å². The van der Waals surface area contributed by atoms with Gasteiger partial charge in [0.05, 0.1) is 26.4 Å². The average molecular weight is 360 g/mol. The number of morpholine rings is 1. The van der Waals surface area contributed by atoms with Crippen LogP contribution in [-0.4, -0.2) is 84.4 Å². The number of likely N-dealkylation sites (tertiary alicyclic amines) is 1. The van der Waals surface area contributed by atoms with Crippen molar-refractivity contribution in [3.63, 3.8) is 0 Å². The molecule has 4 rings (SSSR count). The second kappa shape index (κ2) is 6.64. The molecular formula is C19H24N2O5. The number of hydrogen-bond donors (Lipinski definition) is 2. The molecular weight excluding hydrogens is 336 g/mol. The molecule has 2 unspecified atom stereocenters. The largest absolute Gasteiger partial charge is 0.396 e. The van der Waals surface area contributed by atoms with Crippen molar-refractivity contribution in [3.8, 4) is 0 Å². The summed E-state index contributed by atoms with van der Waals surface area (Å²) in [6, 6.07) is 6.80. The summed E-state index contributed by atoms with van der Waals surface area (Å²) >= 11 is 0. The first-order chi connectivity index (χ1) is 12.6. The van der Waals surface area contributed by atoms with Crippen LogP contribution in [0, 0.1) is 17.3 Å². The van der Waals surface area contributed by atoms with Crippen molar-refractivity contribution in [2.24, 2.45) is 17.3 Å². The zero-order valence-corrected chi connectivity index (χ0v) is 14.6. The van der Waals surface area contributed by atoms with Crippen LogP contribution in [0.3, 0.4) is 0 Å². The van der Waals surface area contributed by atoms with Crippen molar-refractivity contribution in [1.29, 1.82) is 0 Å². The van der Waals surface area contributed by atoms with Crippen molar-refractivity contribution in [3.05, 3.63) is 35.4 Å². The Morgan fingerprint density at radius 3 is 1.85 bits per heavy atom. The fourth-order valence-corrected chi connectivity index (χ4v) is 4.41. The first kappa shape index (κ1) is 17.5. The van der Waals surface area contributed by atoms with Gasteiger partial charge in [0.25, 0.3) is 11.8 Å². The topological polar surface area (TPSA) is 90.3 Å². The van der Waals surface area contributed by atoms with E-state index >= 15 is 0 Å². The van der Waals surface area contributed by atoms with Crippen LogP contribution < -0.4 is 0 Å². The third-order valence-corrected chi connectivity index (χ3v) is 6.24. The van der Waals surface area contributed by atoms with E-state index in [1.54, 1.807) is 34.1 Å². The highest BCUT2D eigenvalue weighted by molar-refractivity contribution is 5.98. The molecule has 1 aromatic carbocycles. The van der Waals surface area contributed by atoms with Crippen LogP contribution in [-0.2, 0) is 4.74 Å². The van der Waals surface area contributed by atoms with Gasteiger partial charge >= 0.3 is 0 Å². The summed E-state index contributed by atoms with van der Waals surface area (Å²) in [5.41, 5.74) is 0.737. The number of aliphatic hydroxyl groups is 2. The van der Waals surface area contributed by atoms with E-state index in [-0.39, 0.29) is 36.9 Å². The number of carbonyl (C=O) groups is 2. The lowest BCUT2D eigenvalue weighted by Crippen LogP contribution is -2.40. The minimum absolute atomic E-state index is 0.0286. The fourth-order valence-electron chi connectivity index (χ4n) is 4.41. The van der Waals surface area contributed by atoms with Crippen LogP contribution in [0.15, 0.2) is 24.3 Å². The highest BCUT2D eigenvalue weighted by Crippen LogP contribution is 2.62. The second-order valence-corrected chi connectivity index (χ2v) is 7.45. The minimum Gasteiger partial charge on any atom is -0.396 e. The molecule has 2 heterocycles. The molecule has 3 aliphatic rings.